The van der Waals surface area contributed by atoms with Crippen LogP contribution in [0, 0.1) is 0 Å². The first-order valence-electron chi connectivity index (χ1n) is 9.12. The van der Waals surface area contributed by atoms with Crippen LogP contribution in [-0.2, 0) is 0 Å². The average molecular weight is 351 g/mol. The number of hydrogen-bond donors (Lipinski definition) is 2. The second-order valence-electron chi connectivity index (χ2n) is 6.64. The molecule has 0 bridgehead atoms. The van der Waals surface area contributed by atoms with Gasteiger partial charge in [-0.05, 0) is 61.7 Å². The lowest BCUT2D eigenvalue weighted by Crippen LogP contribution is -2.23. The molecule has 3 rings (SSSR count). The predicted molar refractivity (Wildman–Crippen MR) is 106 cm³/mol. The van der Waals surface area contributed by atoms with Gasteiger partial charge in [0, 0.05) is 18.8 Å². The highest BCUT2D eigenvalue weighted by atomic mass is 16.4. The Morgan fingerprint density at radius 1 is 0.923 bits per heavy atom. The summed E-state index contributed by atoms with van der Waals surface area (Å²) in [5, 5.41) is 13.3. The maximum atomic E-state index is 10.9. The number of nitrogens with one attached hydrogen (secondary N) is 1. The van der Waals surface area contributed by atoms with Gasteiger partial charge in [-0.25, -0.2) is 4.79 Å². The Morgan fingerprint density at radius 3 is 2.08 bits per heavy atom. The van der Waals surface area contributed by atoms with Crippen LogP contribution in [0.4, 0.5) is 11.4 Å². The van der Waals surface area contributed by atoms with Crippen LogP contribution in [0.25, 0.3) is 0 Å². The fourth-order valence-electron chi connectivity index (χ4n) is 3.14. The molecule has 0 spiro atoms. The molecule has 26 heavy (non-hydrogen) atoms. The molecule has 0 aliphatic carbocycles. The number of hydrogen-bond acceptors (Lipinski definition) is 4. The molecule has 1 saturated heterocycles. The molecule has 2 N–H and O–H groups in total. The van der Waals surface area contributed by atoms with Gasteiger partial charge in [-0.1, -0.05) is 25.0 Å². The van der Waals surface area contributed by atoms with E-state index >= 15 is 0 Å². The third-order valence-corrected chi connectivity index (χ3v) is 4.74. The molecule has 1 fully saturated rings. The minimum Gasteiger partial charge on any atom is -0.478 e. The van der Waals surface area contributed by atoms with Gasteiger partial charge in [0.15, 0.2) is 0 Å². The Kier molecular flexibility index (Phi) is 5.89. The topological polar surface area (TPSA) is 64.9 Å². The van der Waals surface area contributed by atoms with Gasteiger partial charge in [-0.15, -0.1) is 0 Å². The predicted octanol–water partition coefficient (Wildman–Crippen LogP) is 4.60. The first kappa shape index (κ1) is 18.0. The lowest BCUT2D eigenvalue weighted by Gasteiger charge is -2.22. The van der Waals surface area contributed by atoms with Gasteiger partial charge in [-0.3, -0.25) is 5.43 Å². The van der Waals surface area contributed by atoms with E-state index in [4.69, 9.17) is 5.11 Å². The van der Waals surface area contributed by atoms with Crippen molar-refractivity contribution in [3.8, 4) is 0 Å². The van der Waals surface area contributed by atoms with Crippen LogP contribution in [0.3, 0.4) is 0 Å². The zero-order valence-electron chi connectivity index (χ0n) is 15.1. The normalized spacial score (nSPS) is 15.4. The Labute approximate surface area is 154 Å². The Morgan fingerprint density at radius 2 is 1.50 bits per heavy atom. The summed E-state index contributed by atoms with van der Waals surface area (Å²) >= 11 is 0. The number of aromatic carboxylic acids is 1. The molecule has 5 heteroatoms. The van der Waals surface area contributed by atoms with Gasteiger partial charge in [0.05, 0.1) is 17.0 Å². The number of carbonyl (C=O) groups is 1. The highest BCUT2D eigenvalue weighted by Gasteiger charge is 2.10. The van der Waals surface area contributed by atoms with E-state index in [2.05, 4.69) is 39.7 Å². The number of rotatable bonds is 5. The van der Waals surface area contributed by atoms with E-state index in [9.17, 15) is 4.79 Å². The molecular weight excluding hydrogens is 326 g/mol. The molecule has 0 radical (unpaired) electrons. The zero-order valence-corrected chi connectivity index (χ0v) is 15.1. The largest absolute Gasteiger partial charge is 0.478 e. The summed E-state index contributed by atoms with van der Waals surface area (Å²) in [5.41, 5.74) is 7.23. The van der Waals surface area contributed by atoms with Gasteiger partial charge in [-0.2, -0.15) is 5.10 Å². The van der Waals surface area contributed by atoms with Crippen molar-refractivity contribution in [1.29, 1.82) is 0 Å². The van der Waals surface area contributed by atoms with Crippen LogP contribution < -0.4 is 10.3 Å². The molecule has 0 amide bonds. The van der Waals surface area contributed by atoms with Crippen molar-refractivity contribution >= 4 is 23.1 Å². The van der Waals surface area contributed by atoms with Gasteiger partial charge in [0.1, 0.15) is 0 Å². The van der Waals surface area contributed by atoms with Crippen molar-refractivity contribution in [2.24, 2.45) is 5.10 Å². The number of nitrogens with zero attached hydrogens (tertiary/aromatic N) is 2. The molecule has 0 atom stereocenters. The molecule has 1 heterocycles. The van der Waals surface area contributed by atoms with Crippen molar-refractivity contribution in [2.45, 2.75) is 32.6 Å². The maximum Gasteiger partial charge on any atom is 0.335 e. The van der Waals surface area contributed by atoms with E-state index in [0.717, 1.165) is 30.1 Å². The SMILES string of the molecule is C/C(=N/Nc1ccc(C(=O)O)cc1)c1ccc(N2CCCCCC2)cc1. The minimum atomic E-state index is -0.930. The van der Waals surface area contributed by atoms with Gasteiger partial charge < -0.3 is 10.0 Å². The molecule has 0 aromatic heterocycles. The van der Waals surface area contributed by atoms with E-state index in [1.807, 2.05) is 6.92 Å². The zero-order chi connectivity index (χ0) is 18.4. The standard InChI is InChI=1S/C21H25N3O2/c1-16(22-23-19-10-6-18(7-11-19)21(25)26)17-8-12-20(13-9-17)24-14-4-2-3-5-15-24/h6-13,23H,2-5,14-15H2,1H3,(H,25,26)/b22-16-. The van der Waals surface area contributed by atoms with Crippen molar-refractivity contribution < 1.29 is 9.90 Å². The minimum absolute atomic E-state index is 0.264. The molecule has 0 unspecified atom stereocenters. The van der Waals surface area contributed by atoms with Crippen LogP contribution in [0.1, 0.15) is 48.5 Å². The number of carboxylic acid groups (broad SMARTS) is 1. The summed E-state index contributed by atoms with van der Waals surface area (Å²) in [6.45, 7) is 4.24. The lowest BCUT2D eigenvalue weighted by molar-refractivity contribution is 0.0697. The molecular formula is C21H25N3O2. The highest BCUT2D eigenvalue weighted by molar-refractivity contribution is 5.99. The van der Waals surface area contributed by atoms with Crippen LogP contribution in [0.2, 0.25) is 0 Å². The van der Waals surface area contributed by atoms with E-state index in [-0.39, 0.29) is 5.56 Å². The van der Waals surface area contributed by atoms with Gasteiger partial charge >= 0.3 is 5.97 Å². The molecule has 1 aliphatic rings. The quantitative estimate of drug-likeness (QED) is 0.610. The Bertz CT molecular complexity index is 759. The number of carboxylic acids is 1. The van der Waals surface area contributed by atoms with Crippen molar-refractivity contribution in [3.05, 3.63) is 59.7 Å². The molecule has 5 nitrogen and oxygen atoms in total. The smallest absolute Gasteiger partial charge is 0.335 e. The fourth-order valence-corrected chi connectivity index (χ4v) is 3.14. The van der Waals surface area contributed by atoms with Crippen molar-refractivity contribution in [1.82, 2.24) is 0 Å². The molecule has 136 valence electrons. The van der Waals surface area contributed by atoms with E-state index in [0.29, 0.717) is 0 Å². The van der Waals surface area contributed by atoms with Crippen LogP contribution in [0.15, 0.2) is 53.6 Å². The van der Waals surface area contributed by atoms with Crippen molar-refractivity contribution in [3.63, 3.8) is 0 Å². The molecule has 1 aliphatic heterocycles. The Hall–Kier alpha value is -2.82. The molecule has 0 saturated carbocycles. The summed E-state index contributed by atoms with van der Waals surface area (Å²) in [6, 6.07) is 15.1. The first-order chi connectivity index (χ1) is 12.6. The number of anilines is 2. The highest BCUT2D eigenvalue weighted by Crippen LogP contribution is 2.20. The van der Waals surface area contributed by atoms with E-state index in [1.54, 1.807) is 24.3 Å². The first-order valence-corrected chi connectivity index (χ1v) is 9.12. The van der Waals surface area contributed by atoms with E-state index < -0.39 is 5.97 Å². The average Bonchev–Trinajstić information content (AvgIpc) is 2.96. The molecule has 2 aromatic carbocycles. The fraction of sp³-hybridized carbons (Fsp3) is 0.333. The van der Waals surface area contributed by atoms with Crippen molar-refractivity contribution in [2.75, 3.05) is 23.4 Å². The van der Waals surface area contributed by atoms with Crippen LogP contribution in [0.5, 0.6) is 0 Å². The van der Waals surface area contributed by atoms with Crippen LogP contribution >= 0.6 is 0 Å². The second kappa shape index (κ2) is 8.52. The third-order valence-electron chi connectivity index (χ3n) is 4.74. The summed E-state index contributed by atoms with van der Waals surface area (Å²) in [4.78, 5) is 13.3. The van der Waals surface area contributed by atoms with E-state index in [1.165, 1.54) is 31.4 Å². The number of hydrazone groups is 1. The second-order valence-corrected chi connectivity index (χ2v) is 6.64. The summed E-state index contributed by atoms with van der Waals surface area (Å²) < 4.78 is 0. The monoisotopic (exact) mass is 351 g/mol. The third kappa shape index (κ3) is 4.63. The Balaban J connectivity index is 1.64. The van der Waals surface area contributed by atoms with Gasteiger partial charge in [0.2, 0.25) is 0 Å². The summed E-state index contributed by atoms with van der Waals surface area (Å²) in [5.74, 6) is -0.930. The number of benzene rings is 2. The molecule has 2 aromatic rings. The lowest BCUT2D eigenvalue weighted by atomic mass is 10.1. The van der Waals surface area contributed by atoms with Crippen LogP contribution in [-0.4, -0.2) is 29.9 Å². The summed E-state index contributed by atoms with van der Waals surface area (Å²) in [7, 11) is 0. The summed E-state index contributed by atoms with van der Waals surface area (Å²) in [6.07, 6.45) is 5.21. The maximum absolute atomic E-state index is 10.9. The van der Waals surface area contributed by atoms with Gasteiger partial charge in [0.25, 0.3) is 0 Å².